The van der Waals surface area contributed by atoms with E-state index < -0.39 is 5.60 Å². The summed E-state index contributed by atoms with van der Waals surface area (Å²) in [7, 11) is 0. The average molecular weight is 325 g/mol. The second kappa shape index (κ2) is 5.82. The lowest BCUT2D eigenvalue weighted by atomic mass is 9.96. The summed E-state index contributed by atoms with van der Waals surface area (Å²) in [5.41, 5.74) is 0.961. The highest BCUT2D eigenvalue weighted by molar-refractivity contribution is 7.19. The number of hydrogen-bond donors (Lipinski definition) is 0. The Balaban J connectivity index is 2.16. The Labute approximate surface area is 134 Å². The molecule has 2 aromatic rings. The number of halogens is 1. The molecule has 1 aliphatic rings. The van der Waals surface area contributed by atoms with Crippen molar-refractivity contribution in [2.75, 3.05) is 6.61 Å². The molecule has 0 N–H and O–H groups in total. The Bertz CT molecular complexity index is 664. The highest BCUT2D eigenvalue weighted by Crippen LogP contribution is 2.41. The third-order valence-corrected chi connectivity index (χ3v) is 5.95. The molecule has 1 aliphatic carbocycles. The molecule has 114 valence electrons. The summed E-state index contributed by atoms with van der Waals surface area (Å²) in [4.78, 5) is 11.9. The van der Waals surface area contributed by atoms with E-state index in [1.54, 1.807) is 11.3 Å². The molecular weight excluding hydrogens is 304 g/mol. The van der Waals surface area contributed by atoms with Gasteiger partial charge >= 0.3 is 0 Å². The number of rotatable bonds is 5. The zero-order valence-electron chi connectivity index (χ0n) is 12.8. The van der Waals surface area contributed by atoms with Crippen LogP contribution < -0.4 is 0 Å². The third kappa shape index (κ3) is 2.37. The lowest BCUT2D eigenvalue weighted by Gasteiger charge is -2.29. The number of ether oxygens (including phenoxy) is 1. The fourth-order valence-corrected chi connectivity index (χ4v) is 4.87. The molecule has 3 rings (SSSR count). The summed E-state index contributed by atoms with van der Waals surface area (Å²) in [5, 5.41) is 1.68. The van der Waals surface area contributed by atoms with Gasteiger partial charge in [-0.05, 0) is 44.6 Å². The van der Waals surface area contributed by atoms with Crippen LogP contribution in [0.1, 0.15) is 56.3 Å². The van der Waals surface area contributed by atoms with Gasteiger partial charge in [0.25, 0.3) is 0 Å². The summed E-state index contributed by atoms with van der Waals surface area (Å²) >= 11 is 8.29. The maximum atomic E-state index is 6.51. The number of nitrogens with zero attached hydrogens (tertiary/aromatic N) is 2. The Morgan fingerprint density at radius 2 is 1.95 bits per heavy atom. The molecule has 0 atom stereocenters. The van der Waals surface area contributed by atoms with Crippen molar-refractivity contribution in [1.29, 1.82) is 0 Å². The van der Waals surface area contributed by atoms with Crippen LogP contribution in [0.5, 0.6) is 0 Å². The van der Waals surface area contributed by atoms with Crippen LogP contribution in [-0.4, -0.2) is 16.6 Å². The van der Waals surface area contributed by atoms with Crippen LogP contribution in [0.3, 0.4) is 0 Å². The van der Waals surface area contributed by atoms with E-state index >= 15 is 0 Å². The first-order valence-corrected chi connectivity index (χ1v) is 8.96. The van der Waals surface area contributed by atoms with Crippen LogP contribution >= 0.6 is 22.9 Å². The number of aryl methyl sites for hydroxylation is 2. The first kappa shape index (κ1) is 15.2. The lowest BCUT2D eigenvalue weighted by Crippen LogP contribution is -2.30. The van der Waals surface area contributed by atoms with Crippen molar-refractivity contribution >= 4 is 33.2 Å². The van der Waals surface area contributed by atoms with Crippen molar-refractivity contribution in [3.63, 3.8) is 0 Å². The molecule has 21 heavy (non-hydrogen) atoms. The highest BCUT2D eigenvalue weighted by Gasteiger charge is 2.34. The average Bonchev–Trinajstić information content (AvgIpc) is 3.04. The quantitative estimate of drug-likeness (QED) is 0.735. The van der Waals surface area contributed by atoms with E-state index in [0.29, 0.717) is 11.8 Å². The van der Waals surface area contributed by atoms with E-state index in [9.17, 15) is 0 Å². The first-order chi connectivity index (χ1) is 10.1. The van der Waals surface area contributed by atoms with Gasteiger partial charge in [-0.15, -0.1) is 11.3 Å². The Kier molecular flexibility index (Phi) is 4.21. The van der Waals surface area contributed by atoms with E-state index in [1.165, 1.54) is 16.9 Å². The molecule has 0 aliphatic heterocycles. The van der Waals surface area contributed by atoms with Gasteiger partial charge in [-0.3, -0.25) is 0 Å². The molecule has 2 aromatic heterocycles. The van der Waals surface area contributed by atoms with Gasteiger partial charge in [0.05, 0.1) is 5.39 Å². The molecule has 0 spiro atoms. The summed E-state index contributed by atoms with van der Waals surface area (Å²) < 4.78 is 6.02. The molecule has 0 unspecified atom stereocenters. The number of hydrogen-bond acceptors (Lipinski definition) is 4. The van der Waals surface area contributed by atoms with Crippen LogP contribution in [0, 0.1) is 0 Å². The Hall–Kier alpha value is -0.710. The molecule has 0 fully saturated rings. The van der Waals surface area contributed by atoms with E-state index in [-0.39, 0.29) is 0 Å². The van der Waals surface area contributed by atoms with Crippen molar-refractivity contribution in [1.82, 2.24) is 9.97 Å². The van der Waals surface area contributed by atoms with Crippen LogP contribution in [0.2, 0.25) is 5.15 Å². The number of fused-ring (bicyclic) bond motifs is 3. The van der Waals surface area contributed by atoms with Gasteiger partial charge in [-0.2, -0.15) is 0 Å². The van der Waals surface area contributed by atoms with Crippen molar-refractivity contribution in [3.05, 3.63) is 21.4 Å². The maximum Gasteiger partial charge on any atom is 0.163 e. The lowest BCUT2D eigenvalue weighted by molar-refractivity contribution is -0.0568. The van der Waals surface area contributed by atoms with E-state index in [2.05, 4.69) is 18.8 Å². The maximum absolute atomic E-state index is 6.51. The molecule has 0 amide bonds. The summed E-state index contributed by atoms with van der Waals surface area (Å²) in [5.74, 6) is 0.742. The van der Waals surface area contributed by atoms with Gasteiger partial charge in [-0.1, -0.05) is 25.4 Å². The minimum Gasteiger partial charge on any atom is -0.367 e. The molecule has 2 heterocycles. The number of aromatic nitrogens is 2. The molecule has 0 saturated heterocycles. The highest BCUT2D eigenvalue weighted by atomic mass is 35.5. The van der Waals surface area contributed by atoms with Gasteiger partial charge in [0.2, 0.25) is 0 Å². The molecule has 5 heteroatoms. The zero-order chi connectivity index (χ0) is 15.0. The van der Waals surface area contributed by atoms with Crippen LogP contribution in [0.4, 0.5) is 0 Å². The third-order valence-electron chi connectivity index (χ3n) is 4.49. The van der Waals surface area contributed by atoms with Crippen LogP contribution in [0.15, 0.2) is 0 Å². The molecule has 3 nitrogen and oxygen atoms in total. The SMILES string of the molecule is CCOC(CC)(CC)c1nc(Cl)c2c3c(sc2n1)CCC3. The van der Waals surface area contributed by atoms with Crippen LogP contribution in [-0.2, 0) is 23.2 Å². The fraction of sp³-hybridized carbons (Fsp3) is 0.625. The molecular formula is C16H21ClN2OS. The van der Waals surface area contributed by atoms with Gasteiger partial charge in [0.15, 0.2) is 5.82 Å². The van der Waals surface area contributed by atoms with Gasteiger partial charge < -0.3 is 4.74 Å². The predicted octanol–water partition coefficient (Wildman–Crippen LogP) is 4.89. The van der Waals surface area contributed by atoms with E-state index in [1.807, 2.05) is 6.92 Å². The standard InChI is InChI=1S/C16H21ClN2OS/c1-4-16(5-2,20-6-3)15-18-13(17)12-10-8-7-9-11(10)21-14(12)19-15/h4-9H2,1-3H3. The second-order valence-corrected chi connectivity index (χ2v) is 6.95. The topological polar surface area (TPSA) is 35.0 Å². The molecule has 0 aromatic carbocycles. The van der Waals surface area contributed by atoms with Gasteiger partial charge in [-0.25, -0.2) is 9.97 Å². The second-order valence-electron chi connectivity index (χ2n) is 5.51. The van der Waals surface area contributed by atoms with Gasteiger partial charge in [0, 0.05) is 11.5 Å². The normalized spacial score (nSPS) is 14.9. The Morgan fingerprint density at radius 3 is 2.62 bits per heavy atom. The van der Waals surface area contributed by atoms with Crippen molar-refractivity contribution in [3.8, 4) is 0 Å². The van der Waals surface area contributed by atoms with Crippen molar-refractivity contribution in [2.24, 2.45) is 0 Å². The smallest absolute Gasteiger partial charge is 0.163 e. The largest absolute Gasteiger partial charge is 0.367 e. The minimum absolute atomic E-state index is 0.416. The summed E-state index contributed by atoms with van der Waals surface area (Å²) in [6, 6.07) is 0. The first-order valence-electron chi connectivity index (χ1n) is 7.77. The van der Waals surface area contributed by atoms with E-state index in [0.717, 1.165) is 41.7 Å². The van der Waals surface area contributed by atoms with E-state index in [4.69, 9.17) is 21.3 Å². The zero-order valence-corrected chi connectivity index (χ0v) is 14.4. The fourth-order valence-electron chi connectivity index (χ4n) is 3.27. The monoisotopic (exact) mass is 324 g/mol. The number of thiophene rings is 1. The minimum atomic E-state index is -0.416. The molecule has 0 bridgehead atoms. The van der Waals surface area contributed by atoms with Crippen molar-refractivity contribution < 1.29 is 4.74 Å². The Morgan fingerprint density at radius 1 is 1.19 bits per heavy atom. The van der Waals surface area contributed by atoms with Crippen LogP contribution in [0.25, 0.3) is 10.2 Å². The molecule has 0 saturated carbocycles. The van der Waals surface area contributed by atoms with Crippen molar-refractivity contribution in [2.45, 2.75) is 58.5 Å². The predicted molar refractivity (Wildman–Crippen MR) is 88.3 cm³/mol. The van der Waals surface area contributed by atoms with Gasteiger partial charge in [0.1, 0.15) is 15.6 Å². The summed E-state index contributed by atoms with van der Waals surface area (Å²) in [6.45, 7) is 6.91. The molecule has 0 radical (unpaired) electrons. The summed E-state index contributed by atoms with van der Waals surface area (Å²) in [6.07, 6.45) is 5.19.